The van der Waals surface area contributed by atoms with Crippen molar-refractivity contribution in [1.82, 2.24) is 4.90 Å². The van der Waals surface area contributed by atoms with Crippen LogP contribution in [0.2, 0.25) is 18.1 Å². The highest BCUT2D eigenvalue weighted by Crippen LogP contribution is 2.53. The maximum Gasteiger partial charge on any atom is 0.269 e. The molecule has 0 spiro atoms. The zero-order chi connectivity index (χ0) is 29.2. The molecule has 1 fully saturated rings. The summed E-state index contributed by atoms with van der Waals surface area (Å²) in [5.41, 5.74) is 2.76. The van der Waals surface area contributed by atoms with E-state index in [0.29, 0.717) is 5.70 Å². The number of hydrogen-bond acceptors (Lipinski definition) is 7. The minimum atomic E-state index is -2.05. The molecule has 0 aromatic heterocycles. The second kappa shape index (κ2) is 12.1. The molecule has 3 atom stereocenters. The highest BCUT2D eigenvalue weighted by atomic mass is 32.2. The van der Waals surface area contributed by atoms with Gasteiger partial charge in [-0.2, -0.15) is 0 Å². The number of thioether (sulfide) groups is 1. The van der Waals surface area contributed by atoms with E-state index in [0.717, 1.165) is 29.7 Å². The fraction of sp³-hybridized carbons (Fsp3) is 0.467. The van der Waals surface area contributed by atoms with Crippen molar-refractivity contribution in [2.45, 2.75) is 83.2 Å². The van der Waals surface area contributed by atoms with E-state index in [9.17, 15) is 14.9 Å². The fourth-order valence-electron chi connectivity index (χ4n) is 4.75. The predicted molar refractivity (Wildman–Crippen MR) is 166 cm³/mol. The molecule has 2 aliphatic heterocycles. The van der Waals surface area contributed by atoms with Gasteiger partial charge in [-0.1, -0.05) is 51.1 Å². The molecule has 0 bridgehead atoms. The van der Waals surface area contributed by atoms with E-state index >= 15 is 0 Å². The van der Waals surface area contributed by atoms with Gasteiger partial charge in [0.2, 0.25) is 11.0 Å². The number of nitro benzene ring substituents is 1. The van der Waals surface area contributed by atoms with Gasteiger partial charge in [0.25, 0.3) is 5.69 Å². The van der Waals surface area contributed by atoms with Crippen LogP contribution in [0.25, 0.3) is 0 Å². The van der Waals surface area contributed by atoms with Gasteiger partial charge in [0, 0.05) is 17.0 Å². The van der Waals surface area contributed by atoms with Crippen molar-refractivity contribution in [3.8, 4) is 0 Å². The second-order valence-corrected chi connectivity index (χ2v) is 18.3. The van der Waals surface area contributed by atoms with E-state index in [4.69, 9.17) is 21.4 Å². The van der Waals surface area contributed by atoms with Crippen molar-refractivity contribution in [2.75, 3.05) is 0 Å². The Morgan fingerprint density at radius 1 is 1.10 bits per heavy atom. The van der Waals surface area contributed by atoms with Crippen LogP contribution in [0.15, 0.2) is 65.2 Å². The summed E-state index contributed by atoms with van der Waals surface area (Å²) in [6.45, 7) is 13.2. The lowest BCUT2D eigenvalue weighted by molar-refractivity contribution is -0.384. The van der Waals surface area contributed by atoms with Gasteiger partial charge in [0.15, 0.2) is 8.32 Å². The lowest BCUT2D eigenvalue weighted by atomic mass is 9.92. The molecule has 1 saturated heterocycles. The van der Waals surface area contributed by atoms with Gasteiger partial charge in [0.1, 0.15) is 17.7 Å². The van der Waals surface area contributed by atoms with Crippen molar-refractivity contribution in [3.05, 3.63) is 86.4 Å². The number of benzene rings is 2. The highest BCUT2D eigenvalue weighted by Gasteiger charge is 2.58. The Hall–Kier alpha value is -2.53. The zero-order valence-electron chi connectivity index (χ0n) is 24.0. The third-order valence-corrected chi connectivity index (χ3v) is 14.4. The minimum absolute atomic E-state index is 0.0241. The van der Waals surface area contributed by atoms with Crippen LogP contribution < -0.4 is 0 Å². The lowest BCUT2D eigenvalue weighted by Crippen LogP contribution is -2.62. The van der Waals surface area contributed by atoms with E-state index in [2.05, 4.69) is 46.0 Å². The van der Waals surface area contributed by atoms with Crippen LogP contribution in [0.1, 0.15) is 51.7 Å². The number of non-ortho nitro benzene ring substituents is 1. The molecule has 0 N–H and O–H groups in total. The van der Waals surface area contributed by atoms with E-state index in [1.807, 2.05) is 25.1 Å². The van der Waals surface area contributed by atoms with Crippen LogP contribution in [0.5, 0.6) is 0 Å². The molecule has 10 heteroatoms. The summed E-state index contributed by atoms with van der Waals surface area (Å²) in [6.07, 6.45) is 2.46. The van der Waals surface area contributed by atoms with E-state index in [-0.39, 0.29) is 45.7 Å². The quantitative estimate of drug-likeness (QED) is 0.0865. The SMILES string of the molecule is C[C@H](O[Si](C)(C)C(C)(C)C)[C@@H]1C(=O)N2C(C(=S)OCc3ccc([N+](=O)[O-])cc3)=C(CCCc3ccccc3)S[C@H]12. The summed E-state index contributed by atoms with van der Waals surface area (Å²) < 4.78 is 12.6. The molecule has 0 aliphatic carbocycles. The van der Waals surface area contributed by atoms with Gasteiger partial charge in [0.05, 0.1) is 16.9 Å². The summed E-state index contributed by atoms with van der Waals surface area (Å²) in [6, 6.07) is 16.6. The first-order valence-corrected chi connectivity index (χ1v) is 17.8. The third-order valence-electron chi connectivity index (χ3n) is 8.07. The molecule has 1 amide bonds. The number of β-lactam (4-membered cyclic amide) rings is 1. The van der Waals surface area contributed by atoms with Crippen LogP contribution >= 0.6 is 24.0 Å². The largest absolute Gasteiger partial charge is 0.477 e. The standard InChI is InChI=1S/C30H38N2O5S2Si/c1-20(37-40(5,6)30(2,3)4)25-27(33)31-26(29(38)36-19-22-15-17-23(18-16-22)32(34)35)24(39-28(25)31)14-10-13-21-11-8-7-9-12-21/h7-9,11-12,15-18,20,25,28H,10,13-14,19H2,1-6H3/t20-,25+,28+/m0/s1. The van der Waals surface area contributed by atoms with Crippen molar-refractivity contribution >= 4 is 48.9 Å². The van der Waals surface area contributed by atoms with Gasteiger partial charge in [-0.05, 0) is 79.8 Å². The number of rotatable bonds is 11. The van der Waals surface area contributed by atoms with Gasteiger partial charge < -0.3 is 9.16 Å². The molecule has 7 nitrogen and oxygen atoms in total. The number of allylic oxidation sites excluding steroid dienone is 1. The fourth-order valence-corrected chi connectivity index (χ4v) is 8.18. The summed E-state index contributed by atoms with van der Waals surface area (Å²) in [4.78, 5) is 27.0. The molecule has 40 heavy (non-hydrogen) atoms. The van der Waals surface area contributed by atoms with Crippen LogP contribution in [0, 0.1) is 16.0 Å². The molecule has 2 aliphatic rings. The summed E-state index contributed by atoms with van der Waals surface area (Å²) >= 11 is 7.45. The lowest BCUT2D eigenvalue weighted by Gasteiger charge is -2.48. The number of thiocarbonyl (C=S) groups is 1. The summed E-state index contributed by atoms with van der Waals surface area (Å²) in [5, 5.41) is 11.2. The molecule has 4 rings (SSSR count). The van der Waals surface area contributed by atoms with Gasteiger partial charge in [-0.25, -0.2) is 0 Å². The molecule has 2 heterocycles. The van der Waals surface area contributed by atoms with Crippen molar-refractivity contribution in [2.24, 2.45) is 5.92 Å². The molecule has 0 saturated carbocycles. The average molecular weight is 599 g/mol. The average Bonchev–Trinajstić information content (AvgIpc) is 3.21. The number of amides is 1. The number of nitrogens with zero attached hydrogens (tertiary/aromatic N) is 2. The summed E-state index contributed by atoms with van der Waals surface area (Å²) in [7, 11) is -2.05. The van der Waals surface area contributed by atoms with Crippen molar-refractivity contribution in [1.29, 1.82) is 0 Å². The third kappa shape index (κ3) is 6.51. The van der Waals surface area contributed by atoms with E-state index in [1.165, 1.54) is 17.7 Å². The first-order chi connectivity index (χ1) is 18.8. The first-order valence-electron chi connectivity index (χ1n) is 13.7. The Labute approximate surface area is 247 Å². The van der Waals surface area contributed by atoms with Crippen LogP contribution in [-0.2, 0) is 27.0 Å². The van der Waals surface area contributed by atoms with E-state index in [1.54, 1.807) is 28.8 Å². The maximum atomic E-state index is 13.6. The Kier molecular flexibility index (Phi) is 9.24. The van der Waals surface area contributed by atoms with E-state index < -0.39 is 13.2 Å². The second-order valence-electron chi connectivity index (χ2n) is 11.9. The van der Waals surface area contributed by atoms with Crippen LogP contribution in [0.4, 0.5) is 5.69 Å². The Balaban J connectivity index is 1.49. The predicted octanol–water partition coefficient (Wildman–Crippen LogP) is 7.61. The topological polar surface area (TPSA) is 81.9 Å². The van der Waals surface area contributed by atoms with Crippen molar-refractivity contribution in [3.63, 3.8) is 0 Å². The van der Waals surface area contributed by atoms with Gasteiger partial charge in [-0.3, -0.25) is 19.8 Å². The van der Waals surface area contributed by atoms with Crippen LogP contribution in [0.3, 0.4) is 0 Å². The minimum Gasteiger partial charge on any atom is -0.477 e. The normalized spacial score (nSPS) is 19.8. The Bertz CT molecular complexity index is 1290. The molecule has 2 aromatic carbocycles. The van der Waals surface area contributed by atoms with Crippen molar-refractivity contribution < 1.29 is 18.9 Å². The zero-order valence-corrected chi connectivity index (χ0v) is 26.6. The number of carbonyl (C=O) groups is 1. The van der Waals surface area contributed by atoms with Crippen LogP contribution in [-0.4, -0.2) is 40.6 Å². The number of fused-ring (bicyclic) bond motifs is 1. The van der Waals surface area contributed by atoms with Gasteiger partial charge in [-0.15, -0.1) is 11.8 Å². The maximum absolute atomic E-state index is 13.6. The molecule has 214 valence electrons. The Morgan fingerprint density at radius 2 is 1.75 bits per heavy atom. The molecule has 2 aromatic rings. The number of aryl methyl sites for hydroxylation is 1. The molecular formula is C30H38N2O5S2Si. The first kappa shape index (κ1) is 30.4. The molecule has 0 radical (unpaired) electrons. The highest BCUT2D eigenvalue weighted by molar-refractivity contribution is 8.04. The molecule has 0 unspecified atom stereocenters. The monoisotopic (exact) mass is 598 g/mol. The smallest absolute Gasteiger partial charge is 0.269 e. The Morgan fingerprint density at radius 3 is 2.35 bits per heavy atom. The molecular weight excluding hydrogens is 561 g/mol. The number of nitro groups is 1. The summed E-state index contributed by atoms with van der Waals surface area (Å²) in [5.74, 6) is -0.212. The number of ether oxygens (including phenoxy) is 1. The number of carbonyl (C=O) groups excluding carboxylic acids is 1. The number of hydrogen-bond donors (Lipinski definition) is 0. The van der Waals surface area contributed by atoms with Gasteiger partial charge >= 0.3 is 0 Å².